The highest BCUT2D eigenvalue weighted by molar-refractivity contribution is 6.42. The van der Waals surface area contributed by atoms with Crippen molar-refractivity contribution in [3.8, 4) is 23.1 Å². The van der Waals surface area contributed by atoms with E-state index in [0.717, 1.165) is 5.69 Å². The molecule has 0 saturated carbocycles. The highest BCUT2D eigenvalue weighted by Crippen LogP contribution is 2.30. The summed E-state index contributed by atoms with van der Waals surface area (Å²) in [7, 11) is 3.02. The lowest BCUT2D eigenvalue weighted by molar-refractivity contribution is 0.0722. The van der Waals surface area contributed by atoms with Crippen molar-refractivity contribution in [1.82, 2.24) is 9.78 Å². The molecule has 29 heavy (non-hydrogen) atoms. The van der Waals surface area contributed by atoms with Gasteiger partial charge in [0.2, 0.25) is 5.88 Å². The van der Waals surface area contributed by atoms with Crippen molar-refractivity contribution in [2.24, 2.45) is 0 Å². The van der Waals surface area contributed by atoms with E-state index in [9.17, 15) is 4.79 Å². The lowest BCUT2D eigenvalue weighted by atomic mass is 10.1. The van der Waals surface area contributed by atoms with Gasteiger partial charge in [0.25, 0.3) is 0 Å². The molecule has 2 aromatic carbocycles. The highest BCUT2D eigenvalue weighted by Gasteiger charge is 2.19. The van der Waals surface area contributed by atoms with Gasteiger partial charge in [0.1, 0.15) is 11.5 Å². The predicted molar refractivity (Wildman–Crippen MR) is 112 cm³/mol. The Balaban J connectivity index is 2.00. The molecular formula is C21H20Cl2N2O4. The van der Waals surface area contributed by atoms with Gasteiger partial charge in [-0.25, -0.2) is 9.48 Å². The minimum Gasteiger partial charge on any atom is -0.497 e. The van der Waals surface area contributed by atoms with Crippen LogP contribution in [0.1, 0.15) is 35.8 Å². The molecule has 152 valence electrons. The number of nitrogens with zero attached hydrogens (tertiary/aromatic N) is 2. The lowest BCUT2D eigenvalue weighted by Crippen LogP contribution is -2.12. The second kappa shape index (κ2) is 8.76. The van der Waals surface area contributed by atoms with Gasteiger partial charge >= 0.3 is 5.97 Å². The summed E-state index contributed by atoms with van der Waals surface area (Å²) in [6, 6.07) is 11.6. The molecule has 0 bridgehead atoms. The van der Waals surface area contributed by atoms with Gasteiger partial charge < -0.3 is 14.2 Å². The summed E-state index contributed by atoms with van der Waals surface area (Å²) in [5, 5.41) is 5.35. The van der Waals surface area contributed by atoms with Gasteiger partial charge in [0.05, 0.1) is 41.2 Å². The molecule has 3 aromatic rings. The molecule has 0 radical (unpaired) electrons. The first-order valence-corrected chi connectivity index (χ1v) is 9.58. The maximum atomic E-state index is 12.8. The first-order chi connectivity index (χ1) is 13.8. The molecule has 0 unspecified atom stereocenters. The molecule has 0 amide bonds. The Morgan fingerprint density at radius 2 is 1.62 bits per heavy atom. The van der Waals surface area contributed by atoms with Gasteiger partial charge in [-0.2, -0.15) is 5.10 Å². The lowest BCUT2D eigenvalue weighted by Gasteiger charge is -2.10. The number of ether oxygens (including phenoxy) is 3. The summed E-state index contributed by atoms with van der Waals surface area (Å²) >= 11 is 12.2. The zero-order valence-corrected chi connectivity index (χ0v) is 17.9. The molecule has 0 atom stereocenters. The van der Waals surface area contributed by atoms with Crippen LogP contribution in [0, 0.1) is 0 Å². The Morgan fingerprint density at radius 3 is 2.17 bits per heavy atom. The summed E-state index contributed by atoms with van der Waals surface area (Å²) in [4.78, 5) is 12.8. The van der Waals surface area contributed by atoms with Gasteiger partial charge in [-0.3, -0.25) is 0 Å². The first-order valence-electron chi connectivity index (χ1n) is 8.83. The third-order valence-corrected chi connectivity index (χ3v) is 4.96. The van der Waals surface area contributed by atoms with Crippen LogP contribution in [0.4, 0.5) is 0 Å². The third-order valence-electron chi connectivity index (χ3n) is 4.22. The molecule has 0 aliphatic carbocycles. The van der Waals surface area contributed by atoms with Crippen LogP contribution in [0.3, 0.4) is 0 Å². The molecule has 8 heteroatoms. The van der Waals surface area contributed by atoms with Crippen LogP contribution >= 0.6 is 23.2 Å². The van der Waals surface area contributed by atoms with Crippen LogP contribution in [0.15, 0.2) is 42.5 Å². The number of halogens is 2. The molecule has 0 aliphatic rings. The van der Waals surface area contributed by atoms with E-state index < -0.39 is 5.97 Å². The fraction of sp³-hybridized carbons (Fsp3) is 0.238. The Morgan fingerprint density at radius 1 is 0.966 bits per heavy atom. The monoisotopic (exact) mass is 434 g/mol. The minimum absolute atomic E-state index is 0.133. The highest BCUT2D eigenvalue weighted by atomic mass is 35.5. The van der Waals surface area contributed by atoms with E-state index in [1.165, 1.54) is 18.9 Å². The molecule has 1 heterocycles. The predicted octanol–water partition coefficient (Wildman–Crippen LogP) is 5.54. The topological polar surface area (TPSA) is 62.6 Å². The second-order valence-corrected chi connectivity index (χ2v) is 7.38. The van der Waals surface area contributed by atoms with Crippen molar-refractivity contribution in [2.75, 3.05) is 14.2 Å². The number of esters is 1. The van der Waals surface area contributed by atoms with Crippen LogP contribution in [0.5, 0.6) is 17.4 Å². The molecule has 1 aromatic heterocycles. The van der Waals surface area contributed by atoms with E-state index in [-0.39, 0.29) is 17.4 Å². The average Bonchev–Trinajstić information content (AvgIpc) is 3.13. The second-order valence-electron chi connectivity index (χ2n) is 6.56. The number of hydrogen-bond acceptors (Lipinski definition) is 5. The van der Waals surface area contributed by atoms with Crippen LogP contribution in [0.2, 0.25) is 10.0 Å². The number of rotatable bonds is 6. The minimum atomic E-state index is -0.571. The molecule has 3 rings (SSSR count). The zero-order valence-electron chi connectivity index (χ0n) is 16.4. The van der Waals surface area contributed by atoms with Gasteiger partial charge in [-0.05, 0) is 36.2 Å². The Labute approximate surface area is 178 Å². The fourth-order valence-corrected chi connectivity index (χ4v) is 2.91. The fourth-order valence-electron chi connectivity index (χ4n) is 2.62. The van der Waals surface area contributed by atoms with E-state index >= 15 is 0 Å². The van der Waals surface area contributed by atoms with Crippen molar-refractivity contribution < 1.29 is 19.0 Å². The Bertz CT molecular complexity index is 1020. The molecule has 6 nitrogen and oxygen atoms in total. The number of aromatic nitrogens is 2. The van der Waals surface area contributed by atoms with Crippen LogP contribution in [-0.2, 0) is 0 Å². The molecular weight excluding hydrogens is 415 g/mol. The smallest absolute Gasteiger partial charge is 0.345 e. The van der Waals surface area contributed by atoms with Gasteiger partial charge in [-0.15, -0.1) is 0 Å². The number of methoxy groups -OCH3 is 2. The van der Waals surface area contributed by atoms with Gasteiger partial charge in [-0.1, -0.05) is 37.0 Å². The van der Waals surface area contributed by atoms with E-state index in [1.54, 1.807) is 42.5 Å². The maximum absolute atomic E-state index is 12.8. The third kappa shape index (κ3) is 4.66. The van der Waals surface area contributed by atoms with Gasteiger partial charge in [0, 0.05) is 12.1 Å². The number of carbonyl (C=O) groups excluding carboxylic acids is 1. The number of hydrogen-bond donors (Lipinski definition) is 0. The standard InChI is InChI=1S/C21H20Cl2N2O4/c1-12(2)19-11-20(25(24-19)14-5-6-17(22)18(23)9-14)29-21(26)13-7-15(27-3)10-16(8-13)28-4/h5-12H,1-4H3. The summed E-state index contributed by atoms with van der Waals surface area (Å²) in [6.45, 7) is 4.00. The Kier molecular flexibility index (Phi) is 6.35. The normalized spacial score (nSPS) is 10.9. The van der Waals surface area contributed by atoms with Crippen molar-refractivity contribution in [3.05, 3.63) is 63.8 Å². The summed E-state index contributed by atoms with van der Waals surface area (Å²) < 4.78 is 17.6. The summed E-state index contributed by atoms with van der Waals surface area (Å²) in [5.74, 6) is 0.792. The van der Waals surface area contributed by atoms with Gasteiger partial charge in [0.15, 0.2) is 0 Å². The van der Waals surface area contributed by atoms with Crippen LogP contribution in [-0.4, -0.2) is 30.0 Å². The first kappa shape index (κ1) is 21.0. The molecule has 0 saturated heterocycles. The van der Waals surface area contributed by atoms with Crippen molar-refractivity contribution in [1.29, 1.82) is 0 Å². The van der Waals surface area contributed by atoms with Crippen molar-refractivity contribution in [3.63, 3.8) is 0 Å². The summed E-state index contributed by atoms with van der Waals surface area (Å²) in [6.07, 6.45) is 0. The van der Waals surface area contributed by atoms with Crippen molar-refractivity contribution >= 4 is 29.2 Å². The zero-order chi connectivity index (χ0) is 21.1. The van der Waals surface area contributed by atoms with E-state index in [4.69, 9.17) is 37.4 Å². The largest absolute Gasteiger partial charge is 0.497 e. The van der Waals surface area contributed by atoms with Crippen LogP contribution in [0.25, 0.3) is 5.69 Å². The number of carbonyl (C=O) groups is 1. The summed E-state index contributed by atoms with van der Waals surface area (Å²) in [5.41, 5.74) is 1.67. The van der Waals surface area contributed by atoms with Crippen LogP contribution < -0.4 is 14.2 Å². The van der Waals surface area contributed by atoms with Crippen molar-refractivity contribution in [2.45, 2.75) is 19.8 Å². The number of benzene rings is 2. The molecule has 0 fully saturated rings. The quantitative estimate of drug-likeness (QED) is 0.476. The maximum Gasteiger partial charge on any atom is 0.345 e. The van der Waals surface area contributed by atoms with E-state index in [1.807, 2.05) is 13.8 Å². The molecule has 0 aliphatic heterocycles. The Hall–Kier alpha value is -2.70. The van der Waals surface area contributed by atoms with E-state index in [0.29, 0.717) is 27.2 Å². The molecule has 0 spiro atoms. The SMILES string of the molecule is COc1cc(OC)cc(C(=O)Oc2cc(C(C)C)nn2-c2ccc(Cl)c(Cl)c2)c1. The van der Waals surface area contributed by atoms with E-state index in [2.05, 4.69) is 5.10 Å². The molecule has 0 N–H and O–H groups in total. The average molecular weight is 435 g/mol.